The molecule has 0 fully saturated rings. The lowest BCUT2D eigenvalue weighted by Crippen LogP contribution is -2.30. The van der Waals surface area contributed by atoms with Gasteiger partial charge >= 0.3 is 17.9 Å². The van der Waals surface area contributed by atoms with Gasteiger partial charge in [0.2, 0.25) is 0 Å². The van der Waals surface area contributed by atoms with Crippen LogP contribution >= 0.6 is 0 Å². The van der Waals surface area contributed by atoms with Crippen LogP contribution in [0.5, 0.6) is 0 Å². The molecular formula is C76H126O6. The summed E-state index contributed by atoms with van der Waals surface area (Å²) in [5, 5.41) is 0. The summed E-state index contributed by atoms with van der Waals surface area (Å²) in [5.74, 6) is -0.941. The fraction of sp³-hybridized carbons (Fsp3) is 0.671. The van der Waals surface area contributed by atoms with Gasteiger partial charge in [-0.3, -0.25) is 14.4 Å². The van der Waals surface area contributed by atoms with Gasteiger partial charge in [0.1, 0.15) is 13.2 Å². The molecule has 0 aromatic rings. The van der Waals surface area contributed by atoms with Gasteiger partial charge in [-0.15, -0.1) is 0 Å². The molecular weight excluding hydrogens is 1010 g/mol. The molecule has 0 bridgehead atoms. The van der Waals surface area contributed by atoms with Gasteiger partial charge in [0, 0.05) is 19.3 Å². The molecule has 0 aliphatic heterocycles. The average molecular weight is 1140 g/mol. The van der Waals surface area contributed by atoms with Gasteiger partial charge in [0.25, 0.3) is 0 Å². The van der Waals surface area contributed by atoms with E-state index in [0.29, 0.717) is 25.7 Å². The second-order valence-corrected chi connectivity index (χ2v) is 22.4. The third-order valence-electron chi connectivity index (χ3n) is 14.4. The summed E-state index contributed by atoms with van der Waals surface area (Å²) in [4.78, 5) is 38.3. The lowest BCUT2D eigenvalue weighted by atomic mass is 10.0. The minimum atomic E-state index is -0.802. The van der Waals surface area contributed by atoms with Crippen LogP contribution in [0.25, 0.3) is 0 Å². The smallest absolute Gasteiger partial charge is 0.306 e. The van der Waals surface area contributed by atoms with Crippen molar-refractivity contribution in [2.75, 3.05) is 13.2 Å². The molecule has 0 saturated carbocycles. The Morgan fingerprint density at radius 3 is 0.780 bits per heavy atom. The van der Waals surface area contributed by atoms with Crippen molar-refractivity contribution in [2.24, 2.45) is 0 Å². The van der Waals surface area contributed by atoms with Crippen LogP contribution in [0.1, 0.15) is 310 Å². The van der Waals surface area contributed by atoms with E-state index in [1.807, 2.05) is 0 Å². The standard InChI is InChI=1S/C76H126O6/c1-4-7-10-13-16-19-22-25-28-30-31-32-33-34-35-36-37-38-39-40-41-42-43-44-45-47-48-51-54-57-60-63-66-69-75(78)81-72-73(71-80-74(77)68-65-62-59-56-53-50-27-24-21-18-15-12-9-6-3)82-76(79)70-67-64-61-58-55-52-49-46-29-26-23-20-17-14-11-8-5-2/h7,10,16,19,24-25,27-28,31-32,34-35,37-38,40-41,43-44,47-48,54,57,73H,4-6,8-9,11-15,17-18,20-23,26,29-30,33,36,39,42,45-46,49-53,55-56,58-72H2,1-3H3/b10-7-,19-16-,27-24-,28-25-,32-31-,35-34-,38-37-,41-40-,44-43-,48-47-,57-54-. The monoisotopic (exact) mass is 1130 g/mol. The second-order valence-electron chi connectivity index (χ2n) is 22.4. The molecule has 0 heterocycles. The molecule has 0 aliphatic rings. The maximum Gasteiger partial charge on any atom is 0.306 e. The molecule has 0 rings (SSSR count). The summed E-state index contributed by atoms with van der Waals surface area (Å²) in [6.07, 6.45) is 97.5. The number of carbonyl (C=O) groups excluding carboxylic acids is 3. The van der Waals surface area contributed by atoms with Gasteiger partial charge in [0.15, 0.2) is 6.10 Å². The molecule has 0 radical (unpaired) electrons. The lowest BCUT2D eigenvalue weighted by Gasteiger charge is -2.18. The molecule has 6 heteroatoms. The van der Waals surface area contributed by atoms with Gasteiger partial charge in [-0.25, -0.2) is 0 Å². The molecule has 1 unspecified atom stereocenters. The minimum Gasteiger partial charge on any atom is -0.462 e. The van der Waals surface area contributed by atoms with Crippen LogP contribution in [0.2, 0.25) is 0 Å². The Morgan fingerprint density at radius 2 is 0.476 bits per heavy atom. The molecule has 82 heavy (non-hydrogen) atoms. The van der Waals surface area contributed by atoms with Gasteiger partial charge in [0.05, 0.1) is 0 Å². The fourth-order valence-electron chi connectivity index (χ4n) is 9.29. The predicted octanol–water partition coefficient (Wildman–Crippen LogP) is 23.7. The SMILES string of the molecule is CC/C=C\C/C=C\C/C=C\C/C=C\C/C=C\C/C=C\C/C=C\C/C=C\C/C=C\C/C=C\CCCCC(=O)OCC(COC(=O)CCCCCCC/C=C\CCCCCCC)OC(=O)CCCCCCCCCCCCCCCCCCC. The van der Waals surface area contributed by atoms with E-state index in [9.17, 15) is 14.4 Å². The molecule has 6 nitrogen and oxygen atoms in total. The maximum atomic E-state index is 12.9. The quantitative estimate of drug-likeness (QED) is 0.0261. The van der Waals surface area contributed by atoms with E-state index in [2.05, 4.69) is 154 Å². The van der Waals surface area contributed by atoms with Crippen molar-refractivity contribution in [1.82, 2.24) is 0 Å². The maximum absolute atomic E-state index is 12.9. The van der Waals surface area contributed by atoms with Crippen molar-refractivity contribution < 1.29 is 28.6 Å². The molecule has 0 aromatic carbocycles. The number of hydrogen-bond donors (Lipinski definition) is 0. The van der Waals surface area contributed by atoms with Crippen molar-refractivity contribution in [3.63, 3.8) is 0 Å². The Labute approximate surface area is 506 Å². The minimum absolute atomic E-state index is 0.0962. The van der Waals surface area contributed by atoms with E-state index >= 15 is 0 Å². The van der Waals surface area contributed by atoms with Crippen LogP contribution in [0, 0.1) is 0 Å². The van der Waals surface area contributed by atoms with Crippen molar-refractivity contribution in [2.45, 2.75) is 316 Å². The van der Waals surface area contributed by atoms with Gasteiger partial charge in [-0.1, -0.05) is 302 Å². The molecule has 0 saturated heterocycles. The number of allylic oxidation sites excluding steroid dienone is 22. The molecule has 0 amide bonds. The zero-order valence-electron chi connectivity index (χ0n) is 53.5. The summed E-state index contributed by atoms with van der Waals surface area (Å²) in [7, 11) is 0. The van der Waals surface area contributed by atoms with Crippen molar-refractivity contribution in [1.29, 1.82) is 0 Å². The first kappa shape index (κ1) is 77.5. The Kier molecular flexibility index (Phi) is 65.3. The largest absolute Gasteiger partial charge is 0.462 e. The number of ether oxygens (including phenoxy) is 3. The summed E-state index contributed by atoms with van der Waals surface area (Å²) in [6, 6.07) is 0. The Balaban J connectivity index is 4.39. The fourth-order valence-corrected chi connectivity index (χ4v) is 9.29. The Morgan fingerprint density at radius 1 is 0.256 bits per heavy atom. The molecule has 466 valence electrons. The van der Waals surface area contributed by atoms with Crippen LogP contribution in [-0.2, 0) is 28.6 Å². The molecule has 0 aliphatic carbocycles. The van der Waals surface area contributed by atoms with E-state index < -0.39 is 6.10 Å². The zero-order chi connectivity index (χ0) is 59.2. The molecule has 1 atom stereocenters. The van der Waals surface area contributed by atoms with Gasteiger partial charge < -0.3 is 14.2 Å². The predicted molar refractivity (Wildman–Crippen MR) is 357 cm³/mol. The topological polar surface area (TPSA) is 78.9 Å². The van der Waals surface area contributed by atoms with Crippen molar-refractivity contribution in [3.8, 4) is 0 Å². The highest BCUT2D eigenvalue weighted by Crippen LogP contribution is 2.16. The average Bonchev–Trinajstić information content (AvgIpc) is 3.47. The highest BCUT2D eigenvalue weighted by Gasteiger charge is 2.19. The zero-order valence-corrected chi connectivity index (χ0v) is 53.5. The Hall–Kier alpha value is -4.45. The van der Waals surface area contributed by atoms with Gasteiger partial charge in [-0.05, 0) is 122 Å². The van der Waals surface area contributed by atoms with Crippen molar-refractivity contribution >= 4 is 17.9 Å². The third kappa shape index (κ3) is 66.4. The molecule has 0 N–H and O–H groups in total. The number of carbonyl (C=O) groups is 3. The number of esters is 3. The molecule has 0 aromatic heterocycles. The van der Waals surface area contributed by atoms with Crippen LogP contribution in [-0.4, -0.2) is 37.2 Å². The first-order valence-electron chi connectivity index (χ1n) is 34.2. The van der Waals surface area contributed by atoms with E-state index in [0.717, 1.165) is 122 Å². The summed E-state index contributed by atoms with van der Waals surface area (Å²) >= 11 is 0. The number of hydrogen-bond acceptors (Lipinski definition) is 6. The summed E-state index contributed by atoms with van der Waals surface area (Å²) in [5.41, 5.74) is 0. The van der Waals surface area contributed by atoms with E-state index in [-0.39, 0.29) is 31.1 Å². The highest BCUT2D eigenvalue weighted by atomic mass is 16.6. The first-order valence-corrected chi connectivity index (χ1v) is 34.2. The third-order valence-corrected chi connectivity index (χ3v) is 14.4. The van der Waals surface area contributed by atoms with Gasteiger partial charge in [-0.2, -0.15) is 0 Å². The van der Waals surface area contributed by atoms with Crippen LogP contribution in [0.3, 0.4) is 0 Å². The molecule has 0 spiro atoms. The first-order chi connectivity index (χ1) is 40.5. The van der Waals surface area contributed by atoms with Crippen LogP contribution in [0.15, 0.2) is 134 Å². The van der Waals surface area contributed by atoms with E-state index in [1.165, 1.54) is 141 Å². The second kappa shape index (κ2) is 69.0. The van der Waals surface area contributed by atoms with E-state index in [4.69, 9.17) is 14.2 Å². The van der Waals surface area contributed by atoms with Crippen LogP contribution in [0.4, 0.5) is 0 Å². The number of rotatable bonds is 61. The summed E-state index contributed by atoms with van der Waals surface area (Å²) in [6.45, 7) is 6.50. The lowest BCUT2D eigenvalue weighted by molar-refractivity contribution is -0.167. The van der Waals surface area contributed by atoms with Crippen molar-refractivity contribution in [3.05, 3.63) is 134 Å². The van der Waals surface area contributed by atoms with E-state index in [1.54, 1.807) is 0 Å². The number of unbranched alkanes of at least 4 members (excludes halogenated alkanes) is 28. The summed E-state index contributed by atoms with van der Waals surface area (Å²) < 4.78 is 16.9. The highest BCUT2D eigenvalue weighted by molar-refractivity contribution is 5.71. The normalized spacial score (nSPS) is 13.0. The Bertz CT molecular complexity index is 1730. The van der Waals surface area contributed by atoms with Crippen LogP contribution < -0.4 is 0 Å².